The number of methoxy groups -OCH3 is 1. The second kappa shape index (κ2) is 4.91. The lowest BCUT2D eigenvalue weighted by atomic mass is 10.2. The molecule has 0 N–H and O–H groups in total. The number of nitrogens with zero attached hydrogens (tertiary/aromatic N) is 3. The van der Waals surface area contributed by atoms with Gasteiger partial charge in [0.2, 0.25) is 0 Å². The molecule has 0 atom stereocenters. The summed E-state index contributed by atoms with van der Waals surface area (Å²) >= 11 is 0. The zero-order valence-corrected chi connectivity index (χ0v) is 9.43. The number of carbonyl (C=O) groups is 1. The minimum Gasteiger partial charge on any atom is -0.464 e. The molecule has 0 saturated heterocycles. The van der Waals surface area contributed by atoms with Gasteiger partial charge in [0.15, 0.2) is 5.69 Å². The molecule has 0 saturated carbocycles. The van der Waals surface area contributed by atoms with Crippen molar-refractivity contribution in [2.75, 3.05) is 7.11 Å². The number of benzene rings is 1. The summed E-state index contributed by atoms with van der Waals surface area (Å²) in [6.07, 6.45) is 1.34. The first-order valence-corrected chi connectivity index (χ1v) is 5.02. The fraction of sp³-hybridized carbons (Fsp3) is 0.182. The predicted molar refractivity (Wildman–Crippen MR) is 56.8 cm³/mol. The number of hydrogen-bond donors (Lipinski definition) is 0. The Morgan fingerprint density at radius 3 is 2.61 bits per heavy atom. The maximum Gasteiger partial charge on any atom is 0.360 e. The van der Waals surface area contributed by atoms with Gasteiger partial charge in [-0.05, 0) is 17.7 Å². The third-order valence-corrected chi connectivity index (χ3v) is 2.20. The molecular weight excluding hydrogens is 244 g/mol. The summed E-state index contributed by atoms with van der Waals surface area (Å²) < 4.78 is 31.7. The van der Waals surface area contributed by atoms with Crippen LogP contribution >= 0.6 is 0 Å². The van der Waals surface area contributed by atoms with Crippen LogP contribution in [0.3, 0.4) is 0 Å². The Labute approximate surface area is 101 Å². The summed E-state index contributed by atoms with van der Waals surface area (Å²) in [4.78, 5) is 11.1. The van der Waals surface area contributed by atoms with E-state index in [1.807, 2.05) is 0 Å². The van der Waals surface area contributed by atoms with E-state index in [0.29, 0.717) is 5.56 Å². The van der Waals surface area contributed by atoms with E-state index in [1.165, 1.54) is 30.1 Å². The quantitative estimate of drug-likeness (QED) is 0.776. The van der Waals surface area contributed by atoms with Crippen LogP contribution in [0.1, 0.15) is 16.1 Å². The molecule has 1 heterocycles. The predicted octanol–water partition coefficient (Wildman–Crippen LogP) is 1.39. The van der Waals surface area contributed by atoms with Crippen LogP contribution in [0.15, 0.2) is 24.4 Å². The lowest BCUT2D eigenvalue weighted by Gasteiger charge is -2.01. The highest BCUT2D eigenvalue weighted by Crippen LogP contribution is 2.09. The molecule has 94 valence electrons. The van der Waals surface area contributed by atoms with Crippen LogP contribution in [0.2, 0.25) is 0 Å². The fourth-order valence-corrected chi connectivity index (χ4v) is 1.46. The Morgan fingerprint density at radius 1 is 1.33 bits per heavy atom. The molecule has 0 aliphatic rings. The van der Waals surface area contributed by atoms with Crippen molar-refractivity contribution in [2.24, 2.45) is 0 Å². The Balaban J connectivity index is 2.18. The van der Waals surface area contributed by atoms with Crippen molar-refractivity contribution in [2.45, 2.75) is 6.54 Å². The highest BCUT2D eigenvalue weighted by Gasteiger charge is 2.11. The van der Waals surface area contributed by atoms with Gasteiger partial charge >= 0.3 is 5.97 Å². The Morgan fingerprint density at radius 2 is 2.00 bits per heavy atom. The third kappa shape index (κ3) is 2.68. The minimum atomic E-state index is -0.668. The summed E-state index contributed by atoms with van der Waals surface area (Å²) in [7, 11) is 1.23. The van der Waals surface area contributed by atoms with E-state index in [1.54, 1.807) is 0 Å². The molecule has 0 aliphatic carbocycles. The molecule has 1 aromatic heterocycles. The number of halogens is 2. The lowest BCUT2D eigenvalue weighted by Crippen LogP contribution is -2.02. The standard InChI is InChI=1S/C11H9F2N3O2/c1-18-11(17)10-6-16(15-14-10)5-7-2-8(12)4-9(13)3-7/h2-4,6H,5H2,1H3. The van der Waals surface area contributed by atoms with Gasteiger partial charge in [-0.25, -0.2) is 18.3 Å². The topological polar surface area (TPSA) is 57.0 Å². The summed E-state index contributed by atoms with van der Waals surface area (Å²) in [6, 6.07) is 3.15. The number of esters is 1. The van der Waals surface area contributed by atoms with Crippen LogP contribution in [0, 0.1) is 11.6 Å². The van der Waals surface area contributed by atoms with Gasteiger partial charge in [0.1, 0.15) is 11.6 Å². The number of rotatable bonds is 3. The van der Waals surface area contributed by atoms with E-state index in [-0.39, 0.29) is 12.2 Å². The lowest BCUT2D eigenvalue weighted by molar-refractivity contribution is 0.0594. The molecule has 1 aromatic carbocycles. The van der Waals surface area contributed by atoms with Crippen LogP contribution in [-0.4, -0.2) is 28.1 Å². The molecule has 0 amide bonds. The van der Waals surface area contributed by atoms with Crippen LogP contribution < -0.4 is 0 Å². The monoisotopic (exact) mass is 253 g/mol. The summed E-state index contributed by atoms with van der Waals surface area (Å²) in [5.41, 5.74) is 0.420. The number of carbonyl (C=O) groups excluding carboxylic acids is 1. The van der Waals surface area contributed by atoms with Crippen molar-refractivity contribution in [1.29, 1.82) is 0 Å². The third-order valence-electron chi connectivity index (χ3n) is 2.20. The van der Waals surface area contributed by atoms with Gasteiger partial charge in [0.25, 0.3) is 0 Å². The first-order chi connectivity index (χ1) is 8.58. The van der Waals surface area contributed by atoms with Gasteiger partial charge in [0, 0.05) is 6.07 Å². The largest absolute Gasteiger partial charge is 0.464 e. The first-order valence-electron chi connectivity index (χ1n) is 5.02. The van der Waals surface area contributed by atoms with E-state index in [2.05, 4.69) is 15.0 Å². The normalized spacial score (nSPS) is 10.4. The van der Waals surface area contributed by atoms with E-state index in [4.69, 9.17) is 0 Å². The molecule has 7 heteroatoms. The van der Waals surface area contributed by atoms with Crippen molar-refractivity contribution < 1.29 is 18.3 Å². The molecule has 0 radical (unpaired) electrons. The number of hydrogen-bond acceptors (Lipinski definition) is 4. The van der Waals surface area contributed by atoms with E-state index in [9.17, 15) is 13.6 Å². The Hall–Kier alpha value is -2.31. The minimum absolute atomic E-state index is 0.0365. The molecule has 5 nitrogen and oxygen atoms in total. The van der Waals surface area contributed by atoms with Crippen molar-refractivity contribution in [3.63, 3.8) is 0 Å². The van der Waals surface area contributed by atoms with Gasteiger partial charge in [-0.15, -0.1) is 5.10 Å². The SMILES string of the molecule is COC(=O)c1cn(Cc2cc(F)cc(F)c2)nn1. The van der Waals surface area contributed by atoms with Crippen LogP contribution in [-0.2, 0) is 11.3 Å². The molecule has 0 unspecified atom stereocenters. The van der Waals surface area contributed by atoms with Gasteiger partial charge in [-0.3, -0.25) is 0 Å². The van der Waals surface area contributed by atoms with Crippen molar-refractivity contribution >= 4 is 5.97 Å². The Kier molecular flexibility index (Phi) is 3.31. The fourth-order valence-electron chi connectivity index (χ4n) is 1.46. The van der Waals surface area contributed by atoms with E-state index >= 15 is 0 Å². The van der Waals surface area contributed by atoms with Crippen LogP contribution in [0.5, 0.6) is 0 Å². The Bertz CT molecular complexity index is 563. The van der Waals surface area contributed by atoms with Gasteiger partial charge < -0.3 is 4.74 Å². The molecule has 18 heavy (non-hydrogen) atoms. The summed E-state index contributed by atoms with van der Waals surface area (Å²) in [5.74, 6) is -1.96. The molecule has 2 aromatic rings. The van der Waals surface area contributed by atoms with Crippen LogP contribution in [0.25, 0.3) is 0 Å². The van der Waals surface area contributed by atoms with Crippen molar-refractivity contribution in [1.82, 2.24) is 15.0 Å². The van der Waals surface area contributed by atoms with E-state index < -0.39 is 17.6 Å². The van der Waals surface area contributed by atoms with E-state index in [0.717, 1.165) is 6.07 Å². The maximum atomic E-state index is 13.0. The van der Waals surface area contributed by atoms with Gasteiger partial charge in [0.05, 0.1) is 19.9 Å². The van der Waals surface area contributed by atoms with Gasteiger partial charge in [-0.1, -0.05) is 5.21 Å². The smallest absolute Gasteiger partial charge is 0.360 e. The average Bonchev–Trinajstić information content (AvgIpc) is 2.75. The maximum absolute atomic E-state index is 13.0. The van der Waals surface area contributed by atoms with Gasteiger partial charge in [-0.2, -0.15) is 0 Å². The zero-order valence-electron chi connectivity index (χ0n) is 9.43. The summed E-state index contributed by atoms with van der Waals surface area (Å²) in [6.45, 7) is 0.110. The molecule has 0 aliphatic heterocycles. The summed E-state index contributed by atoms with van der Waals surface area (Å²) in [5, 5.41) is 7.24. The second-order valence-corrected chi connectivity index (χ2v) is 3.57. The highest BCUT2D eigenvalue weighted by atomic mass is 19.1. The second-order valence-electron chi connectivity index (χ2n) is 3.57. The average molecular weight is 253 g/mol. The first kappa shape index (κ1) is 12.2. The molecule has 0 bridgehead atoms. The molecule has 0 spiro atoms. The molecule has 0 fully saturated rings. The molecular formula is C11H9F2N3O2. The molecule has 2 rings (SSSR count). The van der Waals surface area contributed by atoms with Crippen LogP contribution in [0.4, 0.5) is 8.78 Å². The highest BCUT2D eigenvalue weighted by molar-refractivity contribution is 5.86. The number of aromatic nitrogens is 3. The zero-order chi connectivity index (χ0) is 13.1. The number of ether oxygens (including phenoxy) is 1. The van der Waals surface area contributed by atoms with Crippen molar-refractivity contribution in [3.8, 4) is 0 Å². The van der Waals surface area contributed by atoms with Crippen molar-refractivity contribution in [3.05, 3.63) is 47.3 Å².